The van der Waals surface area contributed by atoms with Crippen molar-refractivity contribution in [2.45, 2.75) is 45.1 Å². The maximum atomic E-state index is 12.4. The Morgan fingerprint density at radius 2 is 2.12 bits per heavy atom. The first-order valence-corrected chi connectivity index (χ1v) is 8.43. The average Bonchev–Trinajstić information content (AvgIpc) is 2.80. The fourth-order valence-corrected chi connectivity index (χ4v) is 3.24. The zero-order valence-corrected chi connectivity index (χ0v) is 14.8. The molecule has 0 aliphatic carbocycles. The fraction of sp³-hybridized carbons (Fsp3) is 0.444. The Balaban J connectivity index is 1.87. The molecule has 5 nitrogen and oxygen atoms in total. The van der Waals surface area contributed by atoms with Crippen LogP contribution in [-0.4, -0.2) is 29.0 Å². The summed E-state index contributed by atoms with van der Waals surface area (Å²) in [6.45, 7) is 6.11. The van der Waals surface area contributed by atoms with Crippen LogP contribution in [0.3, 0.4) is 0 Å². The minimum absolute atomic E-state index is 0.0791. The first-order chi connectivity index (χ1) is 11.2. The highest BCUT2D eigenvalue weighted by Crippen LogP contribution is 2.41. The first kappa shape index (κ1) is 16.8. The standard InChI is InChI=1S/C18H21ClN2O3/c1-18(2,3)24-17(23)21-8-4-5-11(10-21)15-13-7-6-12(19)9-14(13)20-16(15)22/h6-7,9-10,15H,4-5,8H2,1-3H3,(H,20,22). The van der Waals surface area contributed by atoms with Gasteiger partial charge >= 0.3 is 6.09 Å². The lowest BCUT2D eigenvalue weighted by Crippen LogP contribution is -2.36. The molecule has 2 aliphatic rings. The predicted octanol–water partition coefficient (Wildman–Crippen LogP) is 4.29. The molecule has 2 aliphatic heterocycles. The molecule has 1 atom stereocenters. The van der Waals surface area contributed by atoms with Crippen molar-refractivity contribution in [3.63, 3.8) is 0 Å². The Bertz CT molecular complexity index is 721. The van der Waals surface area contributed by atoms with Gasteiger partial charge in [0.2, 0.25) is 5.91 Å². The number of halogens is 1. The van der Waals surface area contributed by atoms with Crippen molar-refractivity contribution in [1.82, 2.24) is 4.90 Å². The number of ether oxygens (including phenoxy) is 1. The second kappa shape index (κ2) is 6.13. The summed E-state index contributed by atoms with van der Waals surface area (Å²) in [5.41, 5.74) is 2.02. The van der Waals surface area contributed by atoms with E-state index in [2.05, 4.69) is 5.32 Å². The Morgan fingerprint density at radius 1 is 1.38 bits per heavy atom. The molecule has 1 aromatic rings. The minimum atomic E-state index is -0.545. The van der Waals surface area contributed by atoms with Crippen LogP contribution in [-0.2, 0) is 9.53 Å². The summed E-state index contributed by atoms with van der Waals surface area (Å²) >= 11 is 6.00. The third-order valence-electron chi connectivity index (χ3n) is 4.03. The van der Waals surface area contributed by atoms with Crippen LogP contribution in [0.2, 0.25) is 5.02 Å². The van der Waals surface area contributed by atoms with Crippen LogP contribution >= 0.6 is 11.6 Å². The second-order valence-corrected chi connectivity index (χ2v) is 7.57. The zero-order chi connectivity index (χ0) is 17.5. The maximum absolute atomic E-state index is 12.4. The van der Waals surface area contributed by atoms with E-state index in [4.69, 9.17) is 16.3 Å². The van der Waals surface area contributed by atoms with Gasteiger partial charge in [-0.05, 0) is 56.9 Å². The molecular formula is C18H21ClN2O3. The molecule has 6 heteroatoms. The van der Waals surface area contributed by atoms with Crippen molar-refractivity contribution >= 4 is 29.3 Å². The molecule has 3 rings (SSSR count). The highest BCUT2D eigenvalue weighted by Gasteiger charge is 2.35. The highest BCUT2D eigenvalue weighted by atomic mass is 35.5. The molecule has 2 amide bonds. The lowest BCUT2D eigenvalue weighted by Gasteiger charge is -2.29. The zero-order valence-electron chi connectivity index (χ0n) is 14.1. The number of carbonyl (C=O) groups excluding carboxylic acids is 2. The van der Waals surface area contributed by atoms with E-state index < -0.39 is 5.60 Å². The SMILES string of the molecule is CC(C)(C)OC(=O)N1C=C(C2C(=O)Nc3cc(Cl)ccc32)CCC1. The van der Waals surface area contributed by atoms with E-state index in [-0.39, 0.29) is 17.9 Å². The van der Waals surface area contributed by atoms with Gasteiger partial charge in [0.15, 0.2) is 0 Å². The Labute approximate surface area is 146 Å². The summed E-state index contributed by atoms with van der Waals surface area (Å²) < 4.78 is 5.42. The van der Waals surface area contributed by atoms with Crippen molar-refractivity contribution in [1.29, 1.82) is 0 Å². The number of fused-ring (bicyclic) bond motifs is 1. The van der Waals surface area contributed by atoms with Gasteiger partial charge in [-0.1, -0.05) is 17.7 Å². The molecule has 128 valence electrons. The van der Waals surface area contributed by atoms with Gasteiger partial charge in [0.25, 0.3) is 0 Å². The summed E-state index contributed by atoms with van der Waals surface area (Å²) in [6.07, 6.45) is 2.97. The molecule has 1 aromatic carbocycles. The predicted molar refractivity (Wildman–Crippen MR) is 93.1 cm³/mol. The van der Waals surface area contributed by atoms with Crippen molar-refractivity contribution < 1.29 is 14.3 Å². The van der Waals surface area contributed by atoms with Crippen LogP contribution < -0.4 is 5.32 Å². The minimum Gasteiger partial charge on any atom is -0.443 e. The number of nitrogens with zero attached hydrogens (tertiary/aromatic N) is 1. The lowest BCUT2D eigenvalue weighted by molar-refractivity contribution is -0.116. The molecule has 0 bridgehead atoms. The van der Waals surface area contributed by atoms with Gasteiger partial charge in [-0.3, -0.25) is 9.69 Å². The molecule has 0 saturated carbocycles. The summed E-state index contributed by atoms with van der Waals surface area (Å²) in [6, 6.07) is 5.40. The van der Waals surface area contributed by atoms with Crippen LogP contribution in [0.4, 0.5) is 10.5 Å². The maximum Gasteiger partial charge on any atom is 0.414 e. The number of anilines is 1. The van der Waals surface area contributed by atoms with Crippen LogP contribution in [0.15, 0.2) is 30.0 Å². The molecule has 1 N–H and O–H groups in total. The van der Waals surface area contributed by atoms with Crippen molar-refractivity contribution in [2.24, 2.45) is 0 Å². The van der Waals surface area contributed by atoms with Gasteiger partial charge in [0, 0.05) is 23.5 Å². The summed E-state index contributed by atoms with van der Waals surface area (Å²) in [7, 11) is 0. The van der Waals surface area contributed by atoms with Crippen molar-refractivity contribution in [3.05, 3.63) is 40.6 Å². The largest absolute Gasteiger partial charge is 0.443 e. The second-order valence-electron chi connectivity index (χ2n) is 7.14. The molecular weight excluding hydrogens is 328 g/mol. The number of rotatable bonds is 1. The molecule has 0 fully saturated rings. The molecule has 0 aromatic heterocycles. The number of carbonyl (C=O) groups is 2. The topological polar surface area (TPSA) is 58.6 Å². The lowest BCUT2D eigenvalue weighted by atomic mass is 9.88. The molecule has 24 heavy (non-hydrogen) atoms. The summed E-state index contributed by atoms with van der Waals surface area (Å²) in [4.78, 5) is 26.3. The van der Waals surface area contributed by atoms with Gasteiger partial charge in [-0.2, -0.15) is 0 Å². The number of nitrogens with one attached hydrogen (secondary N) is 1. The quantitative estimate of drug-likeness (QED) is 0.823. The van der Waals surface area contributed by atoms with Gasteiger partial charge in [-0.15, -0.1) is 0 Å². The highest BCUT2D eigenvalue weighted by molar-refractivity contribution is 6.31. The molecule has 1 unspecified atom stereocenters. The van der Waals surface area contributed by atoms with E-state index in [1.54, 1.807) is 23.2 Å². The van der Waals surface area contributed by atoms with E-state index in [1.165, 1.54) is 0 Å². The molecule has 0 saturated heterocycles. The fourth-order valence-electron chi connectivity index (χ4n) is 3.07. The number of hydrogen-bond donors (Lipinski definition) is 1. The van der Waals surface area contributed by atoms with E-state index in [9.17, 15) is 9.59 Å². The Kier molecular flexibility index (Phi) is 4.30. The first-order valence-electron chi connectivity index (χ1n) is 8.05. The molecule has 2 heterocycles. The monoisotopic (exact) mass is 348 g/mol. The smallest absolute Gasteiger partial charge is 0.414 e. The normalized spacial score (nSPS) is 20.3. The number of amides is 2. The van der Waals surface area contributed by atoms with E-state index in [1.807, 2.05) is 26.8 Å². The van der Waals surface area contributed by atoms with Crippen LogP contribution in [0, 0.1) is 0 Å². The Morgan fingerprint density at radius 3 is 2.83 bits per heavy atom. The van der Waals surface area contributed by atoms with Gasteiger partial charge in [0.05, 0.1) is 5.92 Å². The van der Waals surface area contributed by atoms with Gasteiger partial charge in [-0.25, -0.2) is 4.79 Å². The summed E-state index contributed by atoms with van der Waals surface area (Å²) in [5.74, 6) is -0.452. The number of hydrogen-bond acceptors (Lipinski definition) is 3. The third-order valence-corrected chi connectivity index (χ3v) is 4.27. The van der Waals surface area contributed by atoms with Crippen molar-refractivity contribution in [3.8, 4) is 0 Å². The van der Waals surface area contributed by atoms with E-state index >= 15 is 0 Å². The van der Waals surface area contributed by atoms with Gasteiger partial charge < -0.3 is 10.1 Å². The molecule has 0 spiro atoms. The van der Waals surface area contributed by atoms with Gasteiger partial charge in [0.1, 0.15) is 5.60 Å². The molecule has 0 radical (unpaired) electrons. The number of benzene rings is 1. The van der Waals surface area contributed by atoms with Crippen LogP contribution in [0.25, 0.3) is 0 Å². The summed E-state index contributed by atoms with van der Waals surface area (Å²) in [5, 5.41) is 3.45. The Hall–Kier alpha value is -2.01. The average molecular weight is 349 g/mol. The third kappa shape index (κ3) is 3.41. The van der Waals surface area contributed by atoms with E-state index in [0.717, 1.165) is 29.7 Å². The van der Waals surface area contributed by atoms with Crippen LogP contribution in [0.1, 0.15) is 45.1 Å². The van der Waals surface area contributed by atoms with E-state index in [0.29, 0.717) is 11.6 Å². The van der Waals surface area contributed by atoms with Crippen molar-refractivity contribution in [2.75, 3.05) is 11.9 Å². The van der Waals surface area contributed by atoms with Crippen LogP contribution in [0.5, 0.6) is 0 Å².